The molecular formula is C23H29N5O2S. The summed E-state index contributed by atoms with van der Waals surface area (Å²) in [5.41, 5.74) is 2.41. The minimum absolute atomic E-state index is 0.0114. The SMILES string of the molecule is CSc1ccc(CNC(=O)CCc2nc(N3CCCCCC3)c3c(C)noc3n2)cc1. The van der Waals surface area contributed by atoms with Crippen molar-refractivity contribution in [3.05, 3.63) is 41.3 Å². The van der Waals surface area contributed by atoms with E-state index in [4.69, 9.17) is 9.51 Å². The van der Waals surface area contributed by atoms with Gasteiger partial charge in [-0.1, -0.05) is 30.1 Å². The Hall–Kier alpha value is -2.61. The van der Waals surface area contributed by atoms with Gasteiger partial charge in [0.1, 0.15) is 17.0 Å². The molecule has 4 rings (SSSR count). The Morgan fingerprint density at radius 1 is 1.13 bits per heavy atom. The molecule has 0 radical (unpaired) electrons. The van der Waals surface area contributed by atoms with Gasteiger partial charge in [0, 0.05) is 37.4 Å². The zero-order valence-corrected chi connectivity index (χ0v) is 19.0. The van der Waals surface area contributed by atoms with Crippen molar-refractivity contribution in [1.82, 2.24) is 20.4 Å². The van der Waals surface area contributed by atoms with Crippen molar-refractivity contribution < 1.29 is 9.32 Å². The van der Waals surface area contributed by atoms with Crippen molar-refractivity contribution in [1.29, 1.82) is 0 Å². The predicted octanol–water partition coefficient (Wildman–Crippen LogP) is 4.28. The van der Waals surface area contributed by atoms with Crippen molar-refractivity contribution in [3.8, 4) is 0 Å². The fraction of sp³-hybridized carbons (Fsp3) is 0.478. The molecule has 1 N–H and O–H groups in total. The van der Waals surface area contributed by atoms with Gasteiger partial charge < -0.3 is 14.7 Å². The van der Waals surface area contributed by atoms with E-state index in [1.54, 1.807) is 11.8 Å². The number of carbonyl (C=O) groups excluding carboxylic acids is 1. The van der Waals surface area contributed by atoms with Gasteiger partial charge in [0.25, 0.3) is 5.71 Å². The minimum atomic E-state index is -0.0114. The summed E-state index contributed by atoms with van der Waals surface area (Å²) in [7, 11) is 0. The molecule has 8 heteroatoms. The molecule has 3 aromatic rings. The molecule has 1 amide bonds. The molecule has 31 heavy (non-hydrogen) atoms. The molecule has 1 saturated heterocycles. The van der Waals surface area contributed by atoms with Crippen LogP contribution in [0, 0.1) is 6.92 Å². The van der Waals surface area contributed by atoms with E-state index in [0.717, 1.165) is 48.4 Å². The fourth-order valence-electron chi connectivity index (χ4n) is 3.89. The maximum absolute atomic E-state index is 12.4. The van der Waals surface area contributed by atoms with Gasteiger partial charge in [0.15, 0.2) is 0 Å². The van der Waals surface area contributed by atoms with E-state index in [1.807, 2.05) is 19.1 Å². The van der Waals surface area contributed by atoms with Gasteiger partial charge in [0.05, 0.1) is 5.69 Å². The predicted molar refractivity (Wildman–Crippen MR) is 123 cm³/mol. The second kappa shape index (κ2) is 10.1. The van der Waals surface area contributed by atoms with Crippen LogP contribution in [-0.4, -0.2) is 40.4 Å². The molecule has 3 heterocycles. The first-order valence-electron chi connectivity index (χ1n) is 10.9. The number of carbonyl (C=O) groups is 1. The Balaban J connectivity index is 1.42. The fourth-order valence-corrected chi connectivity index (χ4v) is 4.30. The molecule has 2 aromatic heterocycles. The molecule has 7 nitrogen and oxygen atoms in total. The summed E-state index contributed by atoms with van der Waals surface area (Å²) in [5, 5.41) is 7.98. The first kappa shape index (κ1) is 21.6. The lowest BCUT2D eigenvalue weighted by Crippen LogP contribution is -2.26. The van der Waals surface area contributed by atoms with Gasteiger partial charge in [-0.3, -0.25) is 4.79 Å². The molecule has 0 spiro atoms. The van der Waals surface area contributed by atoms with E-state index in [1.165, 1.54) is 17.7 Å². The lowest BCUT2D eigenvalue weighted by molar-refractivity contribution is -0.121. The van der Waals surface area contributed by atoms with E-state index in [2.05, 4.69) is 38.7 Å². The first-order chi connectivity index (χ1) is 15.1. The number of hydrogen-bond donors (Lipinski definition) is 1. The molecule has 0 atom stereocenters. The van der Waals surface area contributed by atoms with E-state index in [-0.39, 0.29) is 5.91 Å². The van der Waals surface area contributed by atoms with Crippen LogP contribution in [0.3, 0.4) is 0 Å². The van der Waals surface area contributed by atoms with E-state index in [9.17, 15) is 4.79 Å². The highest BCUT2D eigenvalue weighted by molar-refractivity contribution is 7.98. The summed E-state index contributed by atoms with van der Waals surface area (Å²) in [4.78, 5) is 25.3. The molecule has 1 aliphatic heterocycles. The van der Waals surface area contributed by atoms with Crippen LogP contribution in [-0.2, 0) is 17.8 Å². The maximum Gasteiger partial charge on any atom is 0.263 e. The third kappa shape index (κ3) is 5.36. The Labute approximate surface area is 187 Å². The number of amides is 1. The highest BCUT2D eigenvalue weighted by Crippen LogP contribution is 2.29. The smallest absolute Gasteiger partial charge is 0.263 e. The summed E-state index contributed by atoms with van der Waals surface area (Å²) in [5.74, 6) is 1.51. The number of hydrogen-bond acceptors (Lipinski definition) is 7. The molecular weight excluding hydrogens is 410 g/mol. The van der Waals surface area contributed by atoms with Crippen molar-refractivity contribution in [2.75, 3.05) is 24.2 Å². The number of anilines is 1. The number of nitrogens with one attached hydrogen (secondary N) is 1. The Bertz CT molecular complexity index is 1030. The number of fused-ring (bicyclic) bond motifs is 1. The van der Waals surface area contributed by atoms with Crippen LogP contribution in [0.15, 0.2) is 33.7 Å². The molecule has 1 aliphatic rings. The van der Waals surface area contributed by atoms with Crippen LogP contribution in [0.25, 0.3) is 11.1 Å². The van der Waals surface area contributed by atoms with Crippen LogP contribution in [0.5, 0.6) is 0 Å². The molecule has 0 unspecified atom stereocenters. The molecule has 0 aliphatic carbocycles. The van der Waals surface area contributed by atoms with Crippen LogP contribution in [0.1, 0.15) is 49.2 Å². The number of benzene rings is 1. The summed E-state index contributed by atoms with van der Waals surface area (Å²) in [6.45, 7) is 4.40. The number of aryl methyl sites for hydroxylation is 2. The highest BCUT2D eigenvalue weighted by atomic mass is 32.2. The van der Waals surface area contributed by atoms with Gasteiger partial charge in [0.2, 0.25) is 5.91 Å². The Morgan fingerprint density at radius 3 is 2.58 bits per heavy atom. The average molecular weight is 440 g/mol. The number of thioether (sulfide) groups is 1. The molecule has 1 aromatic carbocycles. The van der Waals surface area contributed by atoms with Crippen molar-refractivity contribution in [2.24, 2.45) is 0 Å². The van der Waals surface area contributed by atoms with E-state index >= 15 is 0 Å². The third-order valence-corrected chi connectivity index (χ3v) is 6.41. The zero-order valence-electron chi connectivity index (χ0n) is 18.2. The second-order valence-electron chi connectivity index (χ2n) is 7.94. The summed E-state index contributed by atoms with van der Waals surface area (Å²) in [6, 6.07) is 8.23. The van der Waals surface area contributed by atoms with Crippen LogP contribution >= 0.6 is 11.8 Å². The standard InChI is InChI=1S/C23H29N5O2S/c1-16-21-22(28-13-5-3-4-6-14-28)25-19(26-23(21)30-27-16)11-12-20(29)24-15-17-7-9-18(31-2)10-8-17/h7-10H,3-6,11-15H2,1-2H3,(H,24,29). The van der Waals surface area contributed by atoms with Gasteiger partial charge >= 0.3 is 0 Å². The Morgan fingerprint density at radius 2 is 1.87 bits per heavy atom. The van der Waals surface area contributed by atoms with Crippen LogP contribution < -0.4 is 10.2 Å². The van der Waals surface area contributed by atoms with Crippen molar-refractivity contribution in [3.63, 3.8) is 0 Å². The summed E-state index contributed by atoms with van der Waals surface area (Å²) >= 11 is 1.71. The van der Waals surface area contributed by atoms with Gasteiger partial charge in [-0.15, -0.1) is 11.8 Å². The Kier molecular flexibility index (Phi) is 7.06. The highest BCUT2D eigenvalue weighted by Gasteiger charge is 2.21. The monoisotopic (exact) mass is 439 g/mol. The van der Waals surface area contributed by atoms with Crippen LogP contribution in [0.2, 0.25) is 0 Å². The van der Waals surface area contributed by atoms with E-state index in [0.29, 0.717) is 30.9 Å². The molecule has 1 fully saturated rings. The average Bonchev–Trinajstić information content (AvgIpc) is 3.00. The molecule has 164 valence electrons. The summed E-state index contributed by atoms with van der Waals surface area (Å²) < 4.78 is 5.45. The number of rotatable bonds is 7. The largest absolute Gasteiger partial charge is 0.356 e. The van der Waals surface area contributed by atoms with Gasteiger partial charge in [-0.05, 0) is 43.7 Å². The maximum atomic E-state index is 12.4. The second-order valence-corrected chi connectivity index (χ2v) is 8.82. The van der Waals surface area contributed by atoms with Gasteiger partial charge in [-0.25, -0.2) is 4.98 Å². The lowest BCUT2D eigenvalue weighted by atomic mass is 10.2. The van der Waals surface area contributed by atoms with Gasteiger partial charge in [-0.2, -0.15) is 4.98 Å². The van der Waals surface area contributed by atoms with E-state index < -0.39 is 0 Å². The number of nitrogens with zero attached hydrogens (tertiary/aromatic N) is 4. The van der Waals surface area contributed by atoms with Crippen molar-refractivity contribution >= 4 is 34.6 Å². The topological polar surface area (TPSA) is 84.2 Å². The zero-order chi connectivity index (χ0) is 21.6. The molecule has 0 saturated carbocycles. The minimum Gasteiger partial charge on any atom is -0.356 e. The third-order valence-electron chi connectivity index (χ3n) is 5.66. The first-order valence-corrected chi connectivity index (χ1v) is 12.1. The quantitative estimate of drug-likeness (QED) is 0.550. The lowest BCUT2D eigenvalue weighted by Gasteiger charge is -2.22. The molecule has 0 bridgehead atoms. The number of aromatic nitrogens is 3. The van der Waals surface area contributed by atoms with Crippen molar-refractivity contribution in [2.45, 2.75) is 56.9 Å². The summed E-state index contributed by atoms with van der Waals surface area (Å²) in [6.07, 6.45) is 7.67. The normalized spacial score (nSPS) is 14.6. The van der Waals surface area contributed by atoms with Crippen LogP contribution in [0.4, 0.5) is 5.82 Å².